The van der Waals surface area contributed by atoms with Crippen molar-refractivity contribution in [3.05, 3.63) is 64.0 Å². The van der Waals surface area contributed by atoms with Gasteiger partial charge in [0.05, 0.1) is 10.8 Å². The van der Waals surface area contributed by atoms with Gasteiger partial charge in [-0.15, -0.1) is 11.3 Å². The summed E-state index contributed by atoms with van der Waals surface area (Å²) in [7, 11) is 1.69. The van der Waals surface area contributed by atoms with Crippen LogP contribution in [0, 0.1) is 5.95 Å². The molecule has 30 heavy (non-hydrogen) atoms. The fourth-order valence-electron chi connectivity index (χ4n) is 2.63. The molecule has 2 aromatic heterocycles. The number of aromatic nitrogens is 1. The molecule has 3 aromatic rings. The van der Waals surface area contributed by atoms with Gasteiger partial charge in [-0.1, -0.05) is 33.8 Å². The highest BCUT2D eigenvalue weighted by Crippen LogP contribution is 2.43. The van der Waals surface area contributed by atoms with E-state index in [1.54, 1.807) is 30.9 Å². The maximum absolute atomic E-state index is 14.4. The first-order chi connectivity index (χ1) is 14.1. The van der Waals surface area contributed by atoms with Crippen LogP contribution in [0.5, 0.6) is 0 Å². The average Bonchev–Trinajstić information content (AvgIpc) is 3.02. The highest BCUT2D eigenvalue weighted by atomic mass is 79.9. The number of thiophene rings is 1. The van der Waals surface area contributed by atoms with Crippen molar-refractivity contribution in [2.24, 2.45) is 0 Å². The van der Waals surface area contributed by atoms with Gasteiger partial charge in [-0.2, -0.15) is 4.39 Å². The van der Waals surface area contributed by atoms with Gasteiger partial charge < -0.3 is 9.64 Å². The summed E-state index contributed by atoms with van der Waals surface area (Å²) in [5, 5.41) is 0. The van der Waals surface area contributed by atoms with E-state index in [-0.39, 0.29) is 0 Å². The predicted molar refractivity (Wildman–Crippen MR) is 123 cm³/mol. The van der Waals surface area contributed by atoms with E-state index < -0.39 is 17.6 Å². The Hall–Kier alpha value is -1.90. The summed E-state index contributed by atoms with van der Waals surface area (Å²) < 4.78 is 21.8. The normalized spacial score (nSPS) is 11.4. The van der Waals surface area contributed by atoms with Gasteiger partial charge in [0.1, 0.15) is 5.60 Å². The summed E-state index contributed by atoms with van der Waals surface area (Å²) in [6.45, 7) is 5.87. The third-order valence-corrected chi connectivity index (χ3v) is 6.71. The minimum Gasteiger partial charge on any atom is -0.444 e. The van der Waals surface area contributed by atoms with E-state index in [9.17, 15) is 9.18 Å². The maximum atomic E-state index is 14.4. The van der Waals surface area contributed by atoms with Gasteiger partial charge in [0.25, 0.3) is 0 Å². The lowest BCUT2D eigenvalue weighted by Crippen LogP contribution is -2.33. The molecule has 1 aromatic carbocycles. The lowest BCUT2D eigenvalue weighted by Gasteiger charge is -2.24. The lowest BCUT2D eigenvalue weighted by atomic mass is 10.1. The maximum Gasteiger partial charge on any atom is 0.410 e. The molecule has 2 heterocycles. The van der Waals surface area contributed by atoms with Crippen molar-refractivity contribution in [2.75, 3.05) is 7.05 Å². The monoisotopic (exact) mass is 508 g/mol. The molecule has 158 valence electrons. The van der Waals surface area contributed by atoms with E-state index in [1.165, 1.54) is 22.4 Å². The molecule has 0 aliphatic carbocycles. The summed E-state index contributed by atoms with van der Waals surface area (Å²) in [6, 6.07) is 13.3. The van der Waals surface area contributed by atoms with Gasteiger partial charge in [0.2, 0.25) is 5.95 Å². The fourth-order valence-corrected chi connectivity index (χ4v) is 5.73. The number of amides is 1. The van der Waals surface area contributed by atoms with Crippen molar-refractivity contribution in [1.29, 1.82) is 0 Å². The van der Waals surface area contributed by atoms with Gasteiger partial charge in [-0.3, -0.25) is 0 Å². The Bertz CT molecular complexity index is 1050. The third kappa shape index (κ3) is 6.06. The Morgan fingerprint density at radius 1 is 1.23 bits per heavy atom. The van der Waals surface area contributed by atoms with Crippen LogP contribution < -0.4 is 0 Å². The highest BCUT2D eigenvalue weighted by molar-refractivity contribution is 9.10. The number of benzene rings is 1. The Balaban J connectivity index is 1.92. The number of nitrogens with zero attached hydrogens (tertiary/aromatic N) is 2. The number of ether oxygens (including phenoxy) is 1. The molecule has 0 radical (unpaired) electrons. The second-order valence-electron chi connectivity index (χ2n) is 7.65. The van der Waals surface area contributed by atoms with E-state index in [2.05, 4.69) is 20.9 Å². The minimum absolute atomic E-state index is 0.369. The molecule has 0 atom stereocenters. The molecular weight excluding hydrogens is 487 g/mol. The van der Waals surface area contributed by atoms with Crippen LogP contribution in [0.1, 0.15) is 25.6 Å². The molecule has 0 aliphatic rings. The molecule has 4 nitrogen and oxygen atoms in total. The zero-order valence-corrected chi connectivity index (χ0v) is 20.3. The summed E-state index contributed by atoms with van der Waals surface area (Å²) >= 11 is 6.58. The molecule has 0 bridgehead atoms. The molecule has 1 amide bonds. The lowest BCUT2D eigenvalue weighted by molar-refractivity contribution is 0.0287. The van der Waals surface area contributed by atoms with Crippen LogP contribution in [0.25, 0.3) is 11.1 Å². The van der Waals surface area contributed by atoms with Crippen LogP contribution in [0.4, 0.5) is 9.18 Å². The zero-order valence-electron chi connectivity index (χ0n) is 17.1. The van der Waals surface area contributed by atoms with Gasteiger partial charge in [-0.05, 0) is 57.2 Å². The van der Waals surface area contributed by atoms with Crippen LogP contribution in [0.2, 0.25) is 0 Å². The van der Waals surface area contributed by atoms with Gasteiger partial charge in [0, 0.05) is 38.6 Å². The Kier molecular flexibility index (Phi) is 7.21. The predicted octanol–water partition coefficient (Wildman–Crippen LogP) is 7.23. The van der Waals surface area contributed by atoms with Gasteiger partial charge >= 0.3 is 6.09 Å². The Labute approximate surface area is 192 Å². The van der Waals surface area contributed by atoms with Crippen LogP contribution in [-0.2, 0) is 11.3 Å². The first-order valence-corrected chi connectivity index (χ1v) is 11.7. The molecular formula is C22H22BrFN2O2S2. The number of rotatable bonds is 5. The van der Waals surface area contributed by atoms with E-state index in [4.69, 9.17) is 4.74 Å². The fraction of sp³-hybridized carbons (Fsp3) is 0.273. The molecule has 0 aliphatic heterocycles. The van der Waals surface area contributed by atoms with Crippen molar-refractivity contribution < 1.29 is 13.9 Å². The second-order valence-corrected chi connectivity index (χ2v) is 11.0. The number of hydrogen-bond acceptors (Lipinski definition) is 5. The summed E-state index contributed by atoms with van der Waals surface area (Å²) in [6.07, 6.45) is 1.04. The van der Waals surface area contributed by atoms with Gasteiger partial charge in [-0.25, -0.2) is 9.78 Å². The van der Waals surface area contributed by atoms with Gasteiger partial charge in [0.15, 0.2) is 0 Å². The third-order valence-electron chi connectivity index (χ3n) is 3.90. The van der Waals surface area contributed by atoms with Crippen LogP contribution >= 0.6 is 39.0 Å². The highest BCUT2D eigenvalue weighted by Gasteiger charge is 2.22. The summed E-state index contributed by atoms with van der Waals surface area (Å²) in [4.78, 5) is 19.6. The molecule has 8 heteroatoms. The standard InChI is InChI=1S/C22H22BrFN2O2S2/c1-22(2,3)28-21(27)26(4)13-16-12-18(17-9-6-10-25-19(17)24)20(30-16)29-15-8-5-7-14(23)11-15/h5-12H,13H2,1-4H3. The van der Waals surface area contributed by atoms with Crippen molar-refractivity contribution in [1.82, 2.24) is 9.88 Å². The summed E-state index contributed by atoms with van der Waals surface area (Å²) in [5.41, 5.74) is 0.646. The molecule has 0 spiro atoms. The van der Waals surface area contributed by atoms with Crippen molar-refractivity contribution in [3.63, 3.8) is 0 Å². The number of halogens is 2. The molecule has 0 saturated carbocycles. The summed E-state index contributed by atoms with van der Waals surface area (Å²) in [5.74, 6) is -0.515. The van der Waals surface area contributed by atoms with Crippen LogP contribution in [-0.4, -0.2) is 28.6 Å². The van der Waals surface area contributed by atoms with E-state index in [0.29, 0.717) is 12.1 Å². The number of pyridine rings is 1. The Morgan fingerprint density at radius 3 is 2.67 bits per heavy atom. The molecule has 0 saturated heterocycles. The van der Waals surface area contributed by atoms with Crippen molar-refractivity contribution >= 4 is 45.1 Å². The quantitative estimate of drug-likeness (QED) is 0.341. The SMILES string of the molecule is CN(Cc1cc(-c2cccnc2F)c(Sc2cccc(Br)c2)s1)C(=O)OC(C)(C)C. The van der Waals surface area contributed by atoms with E-state index >= 15 is 0 Å². The second kappa shape index (κ2) is 9.49. The number of carbonyl (C=O) groups excluding carboxylic acids is 1. The number of hydrogen-bond donors (Lipinski definition) is 0. The van der Waals surface area contributed by atoms with Crippen molar-refractivity contribution in [3.8, 4) is 11.1 Å². The first-order valence-electron chi connectivity index (χ1n) is 9.23. The van der Waals surface area contributed by atoms with E-state index in [1.807, 2.05) is 51.1 Å². The molecule has 0 unspecified atom stereocenters. The first kappa shape index (κ1) is 22.8. The molecule has 0 N–H and O–H groups in total. The minimum atomic E-state index is -0.563. The largest absolute Gasteiger partial charge is 0.444 e. The van der Waals surface area contributed by atoms with Crippen LogP contribution in [0.15, 0.2) is 62.2 Å². The topological polar surface area (TPSA) is 42.4 Å². The average molecular weight is 509 g/mol. The number of carbonyl (C=O) groups is 1. The molecule has 0 fully saturated rings. The van der Waals surface area contributed by atoms with Crippen molar-refractivity contribution in [2.45, 2.75) is 42.0 Å². The molecule has 3 rings (SSSR count). The Morgan fingerprint density at radius 2 is 2.00 bits per heavy atom. The van der Waals surface area contributed by atoms with Crippen LogP contribution in [0.3, 0.4) is 0 Å². The smallest absolute Gasteiger partial charge is 0.410 e. The van der Waals surface area contributed by atoms with E-state index in [0.717, 1.165) is 24.0 Å². The zero-order chi connectivity index (χ0) is 21.9.